The Morgan fingerprint density at radius 2 is 1.39 bits per heavy atom. The van der Waals surface area contributed by atoms with Gasteiger partial charge in [-0.2, -0.15) is 0 Å². The van der Waals surface area contributed by atoms with E-state index in [9.17, 15) is 9.90 Å². The SMILES string of the molecule is CC(C)N(CCC(OC(c1ccccc1)c1ccccc1)C1(C(=O)O)CC1)C(C)C.Cl. The Balaban J connectivity index is 0.00000341. The van der Waals surface area contributed by atoms with Crippen molar-refractivity contribution < 1.29 is 14.6 Å². The summed E-state index contributed by atoms with van der Waals surface area (Å²) in [5.41, 5.74) is 1.35. The van der Waals surface area contributed by atoms with Gasteiger partial charge in [0.25, 0.3) is 0 Å². The number of aliphatic carboxylic acids is 1. The van der Waals surface area contributed by atoms with Gasteiger partial charge in [0, 0.05) is 18.6 Å². The first-order chi connectivity index (χ1) is 14.3. The number of rotatable bonds is 11. The zero-order chi connectivity index (χ0) is 21.7. The molecule has 4 nitrogen and oxygen atoms in total. The van der Waals surface area contributed by atoms with Crippen molar-refractivity contribution in [3.63, 3.8) is 0 Å². The summed E-state index contributed by atoms with van der Waals surface area (Å²) in [6.07, 6.45) is 1.47. The molecule has 0 heterocycles. The van der Waals surface area contributed by atoms with Crippen molar-refractivity contribution in [2.75, 3.05) is 6.54 Å². The molecule has 31 heavy (non-hydrogen) atoms. The van der Waals surface area contributed by atoms with Crippen molar-refractivity contribution in [3.8, 4) is 0 Å². The monoisotopic (exact) mass is 445 g/mol. The fraction of sp³-hybridized carbons (Fsp3) is 0.500. The van der Waals surface area contributed by atoms with Crippen molar-refractivity contribution >= 4 is 18.4 Å². The van der Waals surface area contributed by atoms with E-state index in [2.05, 4.69) is 56.9 Å². The molecule has 2 aromatic carbocycles. The molecule has 1 atom stereocenters. The molecule has 1 aliphatic carbocycles. The zero-order valence-electron chi connectivity index (χ0n) is 19.0. The van der Waals surface area contributed by atoms with Crippen molar-refractivity contribution in [1.29, 1.82) is 0 Å². The number of halogens is 1. The van der Waals surface area contributed by atoms with Gasteiger partial charge in [-0.25, -0.2) is 0 Å². The highest BCUT2D eigenvalue weighted by atomic mass is 35.5. The molecular weight excluding hydrogens is 410 g/mol. The van der Waals surface area contributed by atoms with E-state index < -0.39 is 11.4 Å². The fourth-order valence-corrected chi connectivity index (χ4v) is 4.43. The van der Waals surface area contributed by atoms with Crippen LogP contribution in [0.5, 0.6) is 0 Å². The van der Waals surface area contributed by atoms with Crippen LogP contribution in [0.15, 0.2) is 60.7 Å². The molecule has 0 aliphatic heterocycles. The number of carboxylic acids is 1. The molecule has 1 saturated carbocycles. The summed E-state index contributed by atoms with van der Waals surface area (Å²) in [5, 5.41) is 10.0. The van der Waals surface area contributed by atoms with Crippen molar-refractivity contribution in [2.45, 2.75) is 71.2 Å². The normalized spacial score (nSPS) is 15.9. The maximum atomic E-state index is 12.2. The standard InChI is InChI=1S/C26H35NO3.ClH/c1-19(2)27(20(3)4)18-15-23(26(16-17-26)25(28)29)30-24(21-11-7-5-8-12-21)22-13-9-6-10-14-22;/h5-14,19-20,23-24H,15-18H2,1-4H3,(H,28,29);1H. The predicted molar refractivity (Wildman–Crippen MR) is 128 cm³/mol. The second-order valence-electron chi connectivity index (χ2n) is 9.00. The summed E-state index contributed by atoms with van der Waals surface area (Å²) in [5.74, 6) is -0.729. The van der Waals surface area contributed by atoms with Crippen molar-refractivity contribution in [3.05, 3.63) is 71.8 Å². The summed E-state index contributed by atoms with van der Waals surface area (Å²) < 4.78 is 6.71. The largest absolute Gasteiger partial charge is 0.481 e. The predicted octanol–water partition coefficient (Wildman–Crippen LogP) is 5.96. The number of carboxylic acid groups (broad SMARTS) is 1. The highest BCUT2D eigenvalue weighted by Gasteiger charge is 2.57. The van der Waals surface area contributed by atoms with Crippen LogP contribution in [-0.2, 0) is 9.53 Å². The van der Waals surface area contributed by atoms with E-state index in [4.69, 9.17) is 4.74 Å². The van der Waals surface area contributed by atoms with Gasteiger partial charge in [-0.1, -0.05) is 60.7 Å². The minimum atomic E-state index is -0.762. The number of ether oxygens (including phenoxy) is 1. The second kappa shape index (κ2) is 11.1. The molecule has 0 bridgehead atoms. The lowest BCUT2D eigenvalue weighted by Gasteiger charge is -2.35. The van der Waals surface area contributed by atoms with E-state index in [1.54, 1.807) is 0 Å². The highest BCUT2D eigenvalue weighted by Crippen LogP contribution is 2.52. The summed E-state index contributed by atoms with van der Waals surface area (Å²) >= 11 is 0. The minimum absolute atomic E-state index is 0. The third-order valence-corrected chi connectivity index (χ3v) is 6.31. The van der Waals surface area contributed by atoms with Gasteiger partial charge in [0.2, 0.25) is 0 Å². The molecule has 2 aromatic rings. The fourth-order valence-electron chi connectivity index (χ4n) is 4.43. The molecule has 3 rings (SSSR count). The average molecular weight is 446 g/mol. The molecule has 0 radical (unpaired) electrons. The molecule has 1 aliphatic rings. The lowest BCUT2D eigenvalue weighted by molar-refractivity contribution is -0.153. The Morgan fingerprint density at radius 3 is 1.74 bits per heavy atom. The Labute approximate surface area is 193 Å². The van der Waals surface area contributed by atoms with Gasteiger partial charge < -0.3 is 9.84 Å². The van der Waals surface area contributed by atoms with Crippen LogP contribution in [0, 0.1) is 5.41 Å². The summed E-state index contributed by atoms with van der Waals surface area (Å²) in [6, 6.07) is 21.1. The van der Waals surface area contributed by atoms with Crippen LogP contribution >= 0.6 is 12.4 Å². The summed E-state index contributed by atoms with van der Waals surface area (Å²) in [7, 11) is 0. The molecule has 5 heteroatoms. The van der Waals surface area contributed by atoms with E-state index >= 15 is 0 Å². The van der Waals surface area contributed by atoms with E-state index in [0.717, 1.165) is 17.7 Å². The van der Waals surface area contributed by atoms with Crippen molar-refractivity contribution in [2.24, 2.45) is 5.41 Å². The molecule has 170 valence electrons. The molecule has 0 aromatic heterocycles. The van der Waals surface area contributed by atoms with Gasteiger partial charge in [0.1, 0.15) is 6.10 Å². The van der Waals surface area contributed by atoms with E-state index in [1.165, 1.54) is 0 Å². The van der Waals surface area contributed by atoms with Crippen LogP contribution in [0.1, 0.15) is 64.2 Å². The third kappa shape index (κ3) is 6.09. The van der Waals surface area contributed by atoms with E-state index in [0.29, 0.717) is 31.3 Å². The van der Waals surface area contributed by atoms with Gasteiger partial charge in [0.05, 0.1) is 11.5 Å². The molecule has 0 saturated heterocycles. The van der Waals surface area contributed by atoms with Crippen LogP contribution in [0.4, 0.5) is 0 Å². The number of nitrogens with zero attached hydrogens (tertiary/aromatic N) is 1. The van der Waals surface area contributed by atoms with Gasteiger partial charge in [-0.3, -0.25) is 9.69 Å². The first kappa shape index (κ1) is 25.4. The summed E-state index contributed by atoms with van der Waals surface area (Å²) in [4.78, 5) is 14.6. The van der Waals surface area contributed by atoms with Crippen molar-refractivity contribution in [1.82, 2.24) is 4.90 Å². The molecule has 1 unspecified atom stereocenters. The van der Waals surface area contributed by atoms with Gasteiger partial charge >= 0.3 is 5.97 Å². The average Bonchev–Trinajstić information content (AvgIpc) is 3.53. The van der Waals surface area contributed by atoms with Crippen LogP contribution in [0.2, 0.25) is 0 Å². The number of hydrogen-bond acceptors (Lipinski definition) is 3. The summed E-state index contributed by atoms with van der Waals surface area (Å²) in [6.45, 7) is 9.59. The number of hydrogen-bond donors (Lipinski definition) is 1. The van der Waals surface area contributed by atoms with Crippen LogP contribution in [0.3, 0.4) is 0 Å². The topological polar surface area (TPSA) is 49.8 Å². The smallest absolute Gasteiger partial charge is 0.312 e. The Bertz CT molecular complexity index is 758. The molecule has 0 spiro atoms. The van der Waals surface area contributed by atoms with Crippen LogP contribution < -0.4 is 0 Å². The van der Waals surface area contributed by atoms with E-state index in [-0.39, 0.29) is 24.6 Å². The lowest BCUT2D eigenvalue weighted by Crippen LogP contribution is -2.42. The quantitative estimate of drug-likeness (QED) is 0.463. The first-order valence-electron chi connectivity index (χ1n) is 11.1. The maximum absolute atomic E-state index is 12.2. The lowest BCUT2D eigenvalue weighted by atomic mass is 9.94. The number of carbonyl (C=O) groups is 1. The Hall–Kier alpha value is -1.88. The molecule has 1 N–H and O–H groups in total. The molecule has 0 amide bonds. The maximum Gasteiger partial charge on any atom is 0.312 e. The third-order valence-electron chi connectivity index (χ3n) is 6.31. The Kier molecular flexibility index (Phi) is 9.11. The Morgan fingerprint density at radius 1 is 0.935 bits per heavy atom. The number of benzene rings is 2. The highest BCUT2D eigenvalue weighted by molar-refractivity contribution is 5.85. The van der Waals surface area contributed by atoms with Crippen LogP contribution in [0.25, 0.3) is 0 Å². The van der Waals surface area contributed by atoms with Gasteiger partial charge in [0.15, 0.2) is 0 Å². The molecular formula is C26H36ClNO3. The molecule has 1 fully saturated rings. The first-order valence-corrected chi connectivity index (χ1v) is 11.1. The second-order valence-corrected chi connectivity index (χ2v) is 9.00. The zero-order valence-corrected chi connectivity index (χ0v) is 19.8. The van der Waals surface area contributed by atoms with Gasteiger partial charge in [-0.05, 0) is 58.1 Å². The minimum Gasteiger partial charge on any atom is -0.481 e. The van der Waals surface area contributed by atoms with E-state index in [1.807, 2.05) is 36.4 Å². The van der Waals surface area contributed by atoms with Crippen LogP contribution in [-0.4, -0.2) is 40.7 Å². The van der Waals surface area contributed by atoms with Gasteiger partial charge in [-0.15, -0.1) is 12.4 Å².